The molecule has 1 aromatic heterocycles. The van der Waals surface area contributed by atoms with E-state index in [0.29, 0.717) is 17.9 Å². The van der Waals surface area contributed by atoms with Crippen molar-refractivity contribution in [3.63, 3.8) is 0 Å². The van der Waals surface area contributed by atoms with Crippen LogP contribution in [0.3, 0.4) is 0 Å². The monoisotopic (exact) mass is 343 g/mol. The first-order chi connectivity index (χ1) is 12.2. The number of aryl methyl sites for hydroxylation is 1. The third-order valence-corrected chi connectivity index (χ3v) is 4.46. The molecule has 0 unspecified atom stereocenters. The number of ether oxygens (including phenoxy) is 1. The Balaban J connectivity index is 1.70. The van der Waals surface area contributed by atoms with Crippen molar-refractivity contribution in [3.8, 4) is 5.69 Å². The predicted molar refractivity (Wildman–Crippen MR) is 94.9 cm³/mol. The largest absolute Gasteiger partial charge is 0.383 e. The van der Waals surface area contributed by atoms with E-state index in [0.717, 1.165) is 44.9 Å². The number of carbonyl (C=O) groups excluding carboxylic acids is 1. The van der Waals surface area contributed by atoms with Crippen LogP contribution in [0.4, 0.5) is 0 Å². The number of nitrogens with zero attached hydrogens (tertiary/aromatic N) is 5. The molecule has 25 heavy (non-hydrogen) atoms. The molecule has 0 saturated carbocycles. The first-order valence-corrected chi connectivity index (χ1v) is 8.69. The lowest BCUT2D eigenvalue weighted by atomic mass is 10.3. The second kappa shape index (κ2) is 8.22. The Bertz CT molecular complexity index is 701. The van der Waals surface area contributed by atoms with E-state index in [-0.39, 0.29) is 5.91 Å². The Morgan fingerprint density at radius 2 is 1.92 bits per heavy atom. The van der Waals surface area contributed by atoms with Gasteiger partial charge in [0.2, 0.25) is 0 Å². The number of amides is 1. The molecule has 1 aliphatic rings. The molecule has 3 rings (SSSR count). The number of benzene rings is 1. The van der Waals surface area contributed by atoms with Gasteiger partial charge in [0.05, 0.1) is 18.0 Å². The van der Waals surface area contributed by atoms with Gasteiger partial charge in [0, 0.05) is 33.3 Å². The molecule has 0 N–H and O–H groups in total. The number of hydrogen-bond donors (Lipinski definition) is 0. The molecule has 1 fully saturated rings. The minimum Gasteiger partial charge on any atom is -0.383 e. The fraction of sp³-hybridized carbons (Fsp3) is 0.500. The van der Waals surface area contributed by atoms with Crippen molar-refractivity contribution in [2.75, 3.05) is 46.4 Å². The second-order valence-corrected chi connectivity index (χ2v) is 6.24. The van der Waals surface area contributed by atoms with Gasteiger partial charge >= 0.3 is 0 Å². The first kappa shape index (κ1) is 17.6. The zero-order valence-electron chi connectivity index (χ0n) is 14.9. The summed E-state index contributed by atoms with van der Waals surface area (Å²) in [5, 5.41) is 8.84. The van der Waals surface area contributed by atoms with Gasteiger partial charge in [0.1, 0.15) is 0 Å². The third kappa shape index (κ3) is 4.24. The molecular formula is C18H25N5O2. The number of para-hydroxylation sites is 1. The van der Waals surface area contributed by atoms with Crippen LogP contribution in [0.2, 0.25) is 0 Å². The van der Waals surface area contributed by atoms with Crippen LogP contribution in [0.25, 0.3) is 5.69 Å². The van der Waals surface area contributed by atoms with Crippen molar-refractivity contribution in [2.45, 2.75) is 13.3 Å². The van der Waals surface area contributed by atoms with Crippen LogP contribution >= 0.6 is 0 Å². The predicted octanol–water partition coefficient (Wildman–Crippen LogP) is 1.37. The van der Waals surface area contributed by atoms with E-state index in [4.69, 9.17) is 4.74 Å². The summed E-state index contributed by atoms with van der Waals surface area (Å²) in [4.78, 5) is 18.7. The maximum Gasteiger partial charge on any atom is 0.276 e. The molecule has 1 aliphatic heterocycles. The van der Waals surface area contributed by atoms with Gasteiger partial charge in [-0.3, -0.25) is 9.69 Å². The summed E-state index contributed by atoms with van der Waals surface area (Å²) >= 11 is 0. The smallest absolute Gasteiger partial charge is 0.276 e. The van der Waals surface area contributed by atoms with Gasteiger partial charge in [-0.1, -0.05) is 18.2 Å². The Morgan fingerprint density at radius 1 is 1.12 bits per heavy atom. The first-order valence-electron chi connectivity index (χ1n) is 8.69. The number of carbonyl (C=O) groups is 1. The topological polar surface area (TPSA) is 63.5 Å². The SMILES string of the molecule is COCCN1CCCN(C(=O)c2nn(-c3ccccc3)nc2C)CC1. The molecule has 1 saturated heterocycles. The van der Waals surface area contributed by atoms with Gasteiger partial charge in [-0.25, -0.2) is 0 Å². The van der Waals surface area contributed by atoms with Gasteiger partial charge in [-0.2, -0.15) is 9.90 Å². The average molecular weight is 343 g/mol. The molecule has 0 aliphatic carbocycles. The van der Waals surface area contributed by atoms with Crippen molar-refractivity contribution in [2.24, 2.45) is 0 Å². The van der Waals surface area contributed by atoms with Gasteiger partial charge in [-0.15, -0.1) is 5.10 Å². The molecule has 0 bridgehead atoms. The van der Waals surface area contributed by atoms with Crippen LogP contribution < -0.4 is 0 Å². The third-order valence-electron chi connectivity index (χ3n) is 4.46. The molecule has 7 nitrogen and oxygen atoms in total. The van der Waals surface area contributed by atoms with Crippen LogP contribution in [0.15, 0.2) is 30.3 Å². The summed E-state index contributed by atoms with van der Waals surface area (Å²) < 4.78 is 5.15. The highest BCUT2D eigenvalue weighted by Crippen LogP contribution is 2.12. The highest BCUT2D eigenvalue weighted by molar-refractivity contribution is 5.93. The lowest BCUT2D eigenvalue weighted by Gasteiger charge is -2.21. The second-order valence-electron chi connectivity index (χ2n) is 6.24. The van der Waals surface area contributed by atoms with E-state index in [2.05, 4.69) is 15.1 Å². The van der Waals surface area contributed by atoms with E-state index in [1.165, 1.54) is 4.80 Å². The maximum atomic E-state index is 12.9. The number of aromatic nitrogens is 3. The van der Waals surface area contributed by atoms with Crippen molar-refractivity contribution >= 4 is 5.91 Å². The van der Waals surface area contributed by atoms with Crippen LogP contribution in [0.5, 0.6) is 0 Å². The zero-order valence-corrected chi connectivity index (χ0v) is 14.9. The van der Waals surface area contributed by atoms with Crippen LogP contribution in [0, 0.1) is 6.92 Å². The summed E-state index contributed by atoms with van der Waals surface area (Å²) in [5.74, 6) is -0.0340. The maximum absolute atomic E-state index is 12.9. The lowest BCUT2D eigenvalue weighted by molar-refractivity contribution is 0.0752. The quantitative estimate of drug-likeness (QED) is 0.820. The summed E-state index contributed by atoms with van der Waals surface area (Å²) in [6.07, 6.45) is 0.960. The Hall–Kier alpha value is -2.25. The van der Waals surface area contributed by atoms with Gasteiger partial charge in [-0.05, 0) is 32.0 Å². The molecule has 7 heteroatoms. The Labute approximate surface area is 148 Å². The molecule has 0 atom stereocenters. The minimum absolute atomic E-state index is 0.0340. The zero-order chi connectivity index (χ0) is 17.6. The standard InChI is InChI=1S/C18H25N5O2/c1-15-17(20-23(19-15)16-7-4-3-5-8-16)18(24)22-10-6-9-21(11-12-22)13-14-25-2/h3-5,7-8H,6,9-14H2,1-2H3. The summed E-state index contributed by atoms with van der Waals surface area (Å²) in [7, 11) is 1.71. The van der Waals surface area contributed by atoms with Crippen LogP contribution in [-0.2, 0) is 4.74 Å². The normalized spacial score (nSPS) is 16.0. The van der Waals surface area contributed by atoms with Crippen LogP contribution in [-0.4, -0.2) is 77.1 Å². The molecule has 0 radical (unpaired) electrons. The van der Waals surface area contributed by atoms with Crippen molar-refractivity contribution in [3.05, 3.63) is 41.7 Å². The minimum atomic E-state index is -0.0340. The molecular weight excluding hydrogens is 318 g/mol. The van der Waals surface area contributed by atoms with Gasteiger partial charge < -0.3 is 9.64 Å². The van der Waals surface area contributed by atoms with Gasteiger partial charge in [0.15, 0.2) is 5.69 Å². The molecule has 134 valence electrons. The van der Waals surface area contributed by atoms with E-state index < -0.39 is 0 Å². The van der Waals surface area contributed by atoms with Crippen molar-refractivity contribution in [1.82, 2.24) is 24.8 Å². The Kier molecular flexibility index (Phi) is 5.78. The number of hydrogen-bond acceptors (Lipinski definition) is 5. The highest BCUT2D eigenvalue weighted by Gasteiger charge is 2.24. The van der Waals surface area contributed by atoms with E-state index in [1.54, 1.807) is 7.11 Å². The molecule has 1 amide bonds. The fourth-order valence-corrected chi connectivity index (χ4v) is 3.02. The average Bonchev–Trinajstić information content (AvgIpc) is 2.88. The number of rotatable bonds is 5. The van der Waals surface area contributed by atoms with Crippen LogP contribution in [0.1, 0.15) is 22.6 Å². The summed E-state index contributed by atoms with van der Waals surface area (Å²) in [6, 6.07) is 9.65. The Morgan fingerprint density at radius 3 is 2.68 bits per heavy atom. The molecule has 0 spiro atoms. The van der Waals surface area contributed by atoms with Gasteiger partial charge in [0.25, 0.3) is 5.91 Å². The molecule has 2 aromatic rings. The number of methoxy groups -OCH3 is 1. The van der Waals surface area contributed by atoms with E-state index in [1.807, 2.05) is 42.2 Å². The van der Waals surface area contributed by atoms with Crippen molar-refractivity contribution in [1.29, 1.82) is 0 Å². The highest BCUT2D eigenvalue weighted by atomic mass is 16.5. The summed E-state index contributed by atoms with van der Waals surface area (Å²) in [5.41, 5.74) is 1.95. The fourth-order valence-electron chi connectivity index (χ4n) is 3.02. The molecule has 2 heterocycles. The van der Waals surface area contributed by atoms with E-state index >= 15 is 0 Å². The molecule has 1 aromatic carbocycles. The van der Waals surface area contributed by atoms with E-state index in [9.17, 15) is 4.79 Å². The summed E-state index contributed by atoms with van der Waals surface area (Å²) in [6.45, 7) is 6.77. The van der Waals surface area contributed by atoms with Crippen molar-refractivity contribution < 1.29 is 9.53 Å². The lowest BCUT2D eigenvalue weighted by Crippen LogP contribution is -2.36.